The topological polar surface area (TPSA) is 73.2 Å². The van der Waals surface area contributed by atoms with Crippen LogP contribution in [0, 0.1) is 11.3 Å². The highest BCUT2D eigenvalue weighted by Crippen LogP contribution is 2.41. The summed E-state index contributed by atoms with van der Waals surface area (Å²) in [5.74, 6) is -0.567. The van der Waals surface area contributed by atoms with E-state index in [2.05, 4.69) is 12.2 Å². The highest BCUT2D eigenvalue weighted by atomic mass is 32.2. The average molecular weight is 329 g/mol. The van der Waals surface area contributed by atoms with Gasteiger partial charge in [-0.05, 0) is 30.5 Å². The molecule has 0 spiro atoms. The lowest BCUT2D eigenvalue weighted by Crippen LogP contribution is -2.30. The maximum atomic E-state index is 12.7. The summed E-state index contributed by atoms with van der Waals surface area (Å²) < 4.78 is 0. The van der Waals surface area contributed by atoms with Crippen LogP contribution in [0.4, 0.5) is 5.69 Å². The first-order valence-electron chi connectivity index (χ1n) is 7.53. The molecule has 0 aromatic heterocycles. The van der Waals surface area contributed by atoms with Crippen LogP contribution in [-0.2, 0) is 16.0 Å². The predicted molar refractivity (Wildman–Crippen MR) is 91.7 cm³/mol. The van der Waals surface area contributed by atoms with Crippen molar-refractivity contribution in [3.05, 3.63) is 40.4 Å². The first-order chi connectivity index (χ1) is 11.1. The van der Waals surface area contributed by atoms with E-state index in [9.17, 15) is 14.9 Å². The van der Waals surface area contributed by atoms with Crippen molar-refractivity contribution < 1.29 is 9.59 Å². The Morgan fingerprint density at radius 3 is 2.48 bits per heavy atom. The van der Waals surface area contributed by atoms with Crippen LogP contribution in [0.15, 0.2) is 34.9 Å². The molecule has 6 heteroatoms. The number of carbonyl (C=O) groups excluding carboxylic acids is 2. The fraction of sp³-hybridized carbons (Fsp3) is 0.353. The molecule has 1 fully saturated rings. The molecule has 0 aliphatic carbocycles. The fourth-order valence-electron chi connectivity index (χ4n) is 2.36. The number of thioether (sulfide) groups is 1. The van der Waals surface area contributed by atoms with Gasteiger partial charge in [-0.3, -0.25) is 14.5 Å². The van der Waals surface area contributed by atoms with Crippen molar-refractivity contribution in [1.29, 1.82) is 5.26 Å². The average Bonchev–Trinajstić information content (AvgIpc) is 2.91. The number of nitriles is 1. The Hall–Kier alpha value is -2.26. The minimum Gasteiger partial charge on any atom is -0.354 e. The minimum atomic E-state index is -0.477. The predicted octanol–water partition coefficient (Wildman–Crippen LogP) is 2.59. The Morgan fingerprint density at radius 2 is 2.00 bits per heavy atom. The zero-order chi connectivity index (χ0) is 17.0. The summed E-state index contributed by atoms with van der Waals surface area (Å²) in [6.45, 7) is 3.98. The van der Waals surface area contributed by atoms with E-state index in [0.717, 1.165) is 12.0 Å². The van der Waals surface area contributed by atoms with Gasteiger partial charge in [-0.1, -0.05) is 37.7 Å². The van der Waals surface area contributed by atoms with Gasteiger partial charge in [-0.15, -0.1) is 0 Å². The molecule has 1 heterocycles. The van der Waals surface area contributed by atoms with Crippen molar-refractivity contribution in [1.82, 2.24) is 5.32 Å². The zero-order valence-corrected chi connectivity index (χ0v) is 14.2. The van der Waals surface area contributed by atoms with Crippen LogP contribution in [-0.4, -0.2) is 24.1 Å². The van der Waals surface area contributed by atoms with Crippen LogP contribution < -0.4 is 10.2 Å². The second-order valence-electron chi connectivity index (χ2n) is 5.08. The van der Waals surface area contributed by atoms with Gasteiger partial charge >= 0.3 is 0 Å². The van der Waals surface area contributed by atoms with Gasteiger partial charge in [0.1, 0.15) is 16.7 Å². The van der Waals surface area contributed by atoms with Gasteiger partial charge in [0.05, 0.1) is 5.25 Å². The standard InChI is InChI=1S/C17H19N3O2S/c1-4-11-6-8-12(9-7-11)20-16(22)14(5-2)23-17(20)13(10-18)15(21)19-3/h6-9,14H,4-5H2,1-3H3,(H,19,21)/b17-13-. The highest BCUT2D eigenvalue weighted by Gasteiger charge is 2.39. The number of likely N-dealkylation sites (N-methyl/N-ethyl adjacent to an activating group) is 1. The van der Waals surface area contributed by atoms with Gasteiger partial charge in [0, 0.05) is 12.7 Å². The van der Waals surface area contributed by atoms with Gasteiger partial charge in [-0.2, -0.15) is 5.26 Å². The Morgan fingerprint density at radius 1 is 1.35 bits per heavy atom. The van der Waals surface area contributed by atoms with Gasteiger partial charge in [0.25, 0.3) is 5.91 Å². The Labute approximate surface area is 140 Å². The number of hydrogen-bond donors (Lipinski definition) is 1. The first-order valence-corrected chi connectivity index (χ1v) is 8.41. The van der Waals surface area contributed by atoms with E-state index in [-0.39, 0.29) is 16.7 Å². The normalized spacial score (nSPS) is 19.5. The molecule has 1 unspecified atom stereocenters. The van der Waals surface area contributed by atoms with E-state index in [4.69, 9.17) is 0 Å². The molecule has 1 aromatic carbocycles. The number of rotatable bonds is 4. The molecule has 0 bridgehead atoms. The zero-order valence-electron chi connectivity index (χ0n) is 13.4. The van der Waals surface area contributed by atoms with Crippen LogP contribution in [0.25, 0.3) is 0 Å². The van der Waals surface area contributed by atoms with Gasteiger partial charge in [-0.25, -0.2) is 0 Å². The second-order valence-corrected chi connectivity index (χ2v) is 6.27. The molecule has 1 aromatic rings. The monoisotopic (exact) mass is 329 g/mol. The molecule has 120 valence electrons. The molecule has 1 aliphatic rings. The molecule has 0 saturated carbocycles. The maximum absolute atomic E-state index is 12.7. The maximum Gasteiger partial charge on any atom is 0.264 e. The third-order valence-corrected chi connectivity index (χ3v) is 5.14. The molecule has 1 aliphatic heterocycles. The number of aryl methyl sites for hydroxylation is 1. The van der Waals surface area contributed by atoms with Crippen molar-refractivity contribution in [2.24, 2.45) is 0 Å². The molecule has 1 atom stereocenters. The lowest BCUT2D eigenvalue weighted by Gasteiger charge is -2.18. The van der Waals surface area contributed by atoms with Gasteiger partial charge < -0.3 is 5.32 Å². The molecule has 2 rings (SSSR count). The summed E-state index contributed by atoms with van der Waals surface area (Å²) in [7, 11) is 1.47. The summed E-state index contributed by atoms with van der Waals surface area (Å²) in [4.78, 5) is 26.1. The van der Waals surface area contributed by atoms with E-state index in [1.165, 1.54) is 23.7 Å². The largest absolute Gasteiger partial charge is 0.354 e. The van der Waals surface area contributed by atoms with Crippen molar-refractivity contribution in [3.8, 4) is 6.07 Å². The molecule has 1 saturated heterocycles. The first kappa shape index (κ1) is 17.1. The van der Waals surface area contributed by atoms with Crippen molar-refractivity contribution in [2.75, 3.05) is 11.9 Å². The smallest absolute Gasteiger partial charge is 0.264 e. The molecular weight excluding hydrogens is 310 g/mol. The van der Waals surface area contributed by atoms with E-state index < -0.39 is 5.91 Å². The number of carbonyl (C=O) groups is 2. The molecule has 0 radical (unpaired) electrons. The van der Waals surface area contributed by atoms with Gasteiger partial charge in [0.2, 0.25) is 5.91 Å². The Kier molecular flexibility index (Phi) is 5.45. The SMILES string of the molecule is CCc1ccc(N2C(=O)C(CC)S/C2=C(/C#N)C(=O)NC)cc1. The van der Waals surface area contributed by atoms with E-state index in [1.807, 2.05) is 37.3 Å². The Balaban J connectivity index is 2.54. The van der Waals surface area contributed by atoms with Crippen molar-refractivity contribution in [2.45, 2.75) is 31.9 Å². The quantitative estimate of drug-likeness (QED) is 0.681. The highest BCUT2D eigenvalue weighted by molar-refractivity contribution is 8.05. The lowest BCUT2D eigenvalue weighted by molar-refractivity contribution is -0.117. The molecule has 1 N–H and O–H groups in total. The number of nitrogens with one attached hydrogen (secondary N) is 1. The van der Waals surface area contributed by atoms with Crippen LogP contribution in [0.2, 0.25) is 0 Å². The third-order valence-electron chi connectivity index (χ3n) is 3.71. The summed E-state index contributed by atoms with van der Waals surface area (Å²) in [6.07, 6.45) is 1.55. The van der Waals surface area contributed by atoms with Gasteiger partial charge in [0.15, 0.2) is 0 Å². The summed E-state index contributed by atoms with van der Waals surface area (Å²) in [6, 6.07) is 9.55. The third kappa shape index (κ3) is 3.25. The van der Waals surface area contributed by atoms with Crippen LogP contribution >= 0.6 is 11.8 Å². The van der Waals surface area contributed by atoms with Crippen molar-refractivity contribution in [3.63, 3.8) is 0 Å². The Bertz CT molecular complexity index is 689. The number of benzene rings is 1. The van der Waals surface area contributed by atoms with Crippen LogP contribution in [0.3, 0.4) is 0 Å². The van der Waals surface area contributed by atoms with E-state index in [1.54, 1.807) is 0 Å². The van der Waals surface area contributed by atoms with Crippen LogP contribution in [0.1, 0.15) is 25.8 Å². The summed E-state index contributed by atoms with van der Waals surface area (Å²) >= 11 is 1.28. The van der Waals surface area contributed by atoms with Crippen LogP contribution in [0.5, 0.6) is 0 Å². The number of anilines is 1. The summed E-state index contributed by atoms with van der Waals surface area (Å²) in [5.41, 5.74) is 1.82. The minimum absolute atomic E-state index is 0.0265. The molecule has 2 amide bonds. The number of amides is 2. The van der Waals surface area contributed by atoms with Crippen molar-refractivity contribution >= 4 is 29.3 Å². The fourth-order valence-corrected chi connectivity index (χ4v) is 3.56. The van der Waals surface area contributed by atoms with E-state index >= 15 is 0 Å². The second kappa shape index (κ2) is 7.34. The molecule has 5 nitrogen and oxygen atoms in total. The number of nitrogens with zero attached hydrogens (tertiary/aromatic N) is 2. The lowest BCUT2D eigenvalue weighted by atomic mass is 10.1. The summed E-state index contributed by atoms with van der Waals surface area (Å²) in [5, 5.41) is 12.0. The number of hydrogen-bond acceptors (Lipinski definition) is 4. The molecular formula is C17H19N3O2S. The molecule has 23 heavy (non-hydrogen) atoms. The van der Waals surface area contributed by atoms with E-state index in [0.29, 0.717) is 17.1 Å².